The molecule has 1 aromatic heterocycles. The molecular formula is C24H19FN2O4. The number of carbonyl (C=O) groups is 1. The largest absolute Gasteiger partial charge is 0.487 e. The molecule has 1 heterocycles. The van der Waals surface area contributed by atoms with Gasteiger partial charge in [-0.3, -0.25) is 9.36 Å². The Bertz CT molecular complexity index is 1300. The molecule has 0 saturated heterocycles. The molecule has 7 heteroatoms. The molecule has 3 aromatic carbocycles. The van der Waals surface area contributed by atoms with Gasteiger partial charge in [0.25, 0.3) is 5.56 Å². The quantitative estimate of drug-likeness (QED) is 0.349. The second-order valence-electron chi connectivity index (χ2n) is 6.78. The van der Waals surface area contributed by atoms with Crippen molar-refractivity contribution in [2.24, 2.45) is 0 Å². The molecule has 4 aromatic rings. The third kappa shape index (κ3) is 4.30. The zero-order valence-corrected chi connectivity index (χ0v) is 16.7. The van der Waals surface area contributed by atoms with Crippen LogP contribution in [-0.4, -0.2) is 28.7 Å². The van der Waals surface area contributed by atoms with E-state index in [0.29, 0.717) is 28.0 Å². The number of aromatic nitrogens is 2. The maximum atomic E-state index is 13.5. The van der Waals surface area contributed by atoms with Gasteiger partial charge in [0.1, 0.15) is 19.0 Å². The molecule has 4 rings (SSSR count). The van der Waals surface area contributed by atoms with Crippen molar-refractivity contribution < 1.29 is 18.7 Å². The molecule has 0 bridgehead atoms. The van der Waals surface area contributed by atoms with Crippen molar-refractivity contribution >= 4 is 16.9 Å². The summed E-state index contributed by atoms with van der Waals surface area (Å²) in [5.41, 5.74) is 1.39. The molecule has 0 aliphatic heterocycles. The molecule has 0 amide bonds. The Morgan fingerprint density at radius 1 is 0.968 bits per heavy atom. The number of hydrogen-bond acceptors (Lipinski definition) is 5. The van der Waals surface area contributed by atoms with Gasteiger partial charge in [0.15, 0.2) is 11.6 Å². The summed E-state index contributed by atoms with van der Waals surface area (Å²) in [7, 11) is 0. The van der Waals surface area contributed by atoms with Gasteiger partial charge in [-0.25, -0.2) is 14.2 Å². The van der Waals surface area contributed by atoms with E-state index < -0.39 is 11.8 Å². The van der Waals surface area contributed by atoms with Crippen molar-refractivity contribution in [2.45, 2.75) is 6.92 Å². The summed E-state index contributed by atoms with van der Waals surface area (Å²) >= 11 is 0. The van der Waals surface area contributed by atoms with Crippen molar-refractivity contribution in [3.63, 3.8) is 0 Å². The number of halogens is 1. The summed E-state index contributed by atoms with van der Waals surface area (Å²) < 4.78 is 25.4. The highest BCUT2D eigenvalue weighted by atomic mass is 19.1. The summed E-state index contributed by atoms with van der Waals surface area (Å²) in [5, 5.41) is 0.520. The van der Waals surface area contributed by atoms with Crippen molar-refractivity contribution in [2.75, 3.05) is 13.2 Å². The van der Waals surface area contributed by atoms with Crippen LogP contribution in [0.4, 0.5) is 4.39 Å². The van der Waals surface area contributed by atoms with E-state index in [9.17, 15) is 14.0 Å². The number of esters is 1. The number of nitrogens with zero attached hydrogens (tertiary/aromatic N) is 2. The fourth-order valence-corrected chi connectivity index (χ4v) is 3.23. The van der Waals surface area contributed by atoms with Gasteiger partial charge in [-0.05, 0) is 55.5 Å². The van der Waals surface area contributed by atoms with Crippen LogP contribution in [0.15, 0.2) is 77.6 Å². The van der Waals surface area contributed by atoms with Crippen LogP contribution in [0.3, 0.4) is 0 Å². The summed E-state index contributed by atoms with van der Waals surface area (Å²) in [6, 6.07) is 19.7. The van der Waals surface area contributed by atoms with Gasteiger partial charge >= 0.3 is 5.97 Å². The minimum absolute atomic E-state index is 0.0257. The Labute approximate surface area is 177 Å². The molecule has 0 spiro atoms. The minimum Gasteiger partial charge on any atom is -0.487 e. The Morgan fingerprint density at radius 3 is 2.45 bits per heavy atom. The van der Waals surface area contributed by atoms with E-state index in [1.807, 2.05) is 6.07 Å². The first-order valence-corrected chi connectivity index (χ1v) is 9.68. The fraction of sp³-hybridized carbons (Fsp3) is 0.125. The lowest BCUT2D eigenvalue weighted by Gasteiger charge is -2.11. The van der Waals surface area contributed by atoms with Crippen LogP contribution in [0.1, 0.15) is 16.2 Å². The van der Waals surface area contributed by atoms with Crippen LogP contribution < -0.4 is 10.3 Å². The predicted octanol–water partition coefficient (Wildman–Crippen LogP) is 4.07. The molecule has 6 nitrogen and oxygen atoms in total. The Balaban J connectivity index is 1.44. The number of hydrogen-bond donors (Lipinski definition) is 0. The maximum Gasteiger partial charge on any atom is 0.338 e. The number of benzene rings is 3. The molecule has 0 atom stereocenters. The summed E-state index contributed by atoms with van der Waals surface area (Å²) in [6.45, 7) is 1.76. The van der Waals surface area contributed by atoms with Crippen LogP contribution in [0.25, 0.3) is 16.6 Å². The van der Waals surface area contributed by atoms with Crippen molar-refractivity contribution in [1.82, 2.24) is 9.55 Å². The third-order valence-electron chi connectivity index (χ3n) is 4.72. The zero-order valence-electron chi connectivity index (χ0n) is 16.7. The van der Waals surface area contributed by atoms with E-state index in [-0.39, 0.29) is 24.5 Å². The normalized spacial score (nSPS) is 10.8. The summed E-state index contributed by atoms with van der Waals surface area (Å²) in [5.74, 6) is -0.362. The van der Waals surface area contributed by atoms with E-state index >= 15 is 0 Å². The molecule has 0 unspecified atom stereocenters. The van der Waals surface area contributed by atoms with Gasteiger partial charge in [-0.15, -0.1) is 0 Å². The molecule has 0 fully saturated rings. The van der Waals surface area contributed by atoms with Gasteiger partial charge in [-0.1, -0.05) is 24.3 Å². The Morgan fingerprint density at radius 2 is 1.68 bits per heavy atom. The Kier molecular flexibility index (Phi) is 5.75. The summed E-state index contributed by atoms with van der Waals surface area (Å²) in [4.78, 5) is 29.6. The van der Waals surface area contributed by atoms with Crippen LogP contribution in [0.5, 0.6) is 5.75 Å². The van der Waals surface area contributed by atoms with Gasteiger partial charge in [-0.2, -0.15) is 0 Å². The van der Waals surface area contributed by atoms with Crippen LogP contribution in [0.2, 0.25) is 0 Å². The molecule has 156 valence electrons. The summed E-state index contributed by atoms with van der Waals surface area (Å²) in [6.07, 6.45) is 0. The van der Waals surface area contributed by atoms with Crippen LogP contribution in [0, 0.1) is 12.7 Å². The number of ether oxygens (including phenoxy) is 2. The molecule has 0 aliphatic rings. The predicted molar refractivity (Wildman–Crippen MR) is 114 cm³/mol. The van der Waals surface area contributed by atoms with Gasteiger partial charge in [0.05, 0.1) is 22.2 Å². The SMILES string of the molecule is Cc1nc2ccccc2c(=O)n1-c1ccc(C(=O)OCCOc2ccccc2F)cc1. The third-order valence-corrected chi connectivity index (χ3v) is 4.72. The first-order valence-electron chi connectivity index (χ1n) is 9.68. The monoisotopic (exact) mass is 418 g/mol. The lowest BCUT2D eigenvalue weighted by Crippen LogP contribution is -2.22. The van der Waals surface area contributed by atoms with E-state index in [4.69, 9.17) is 9.47 Å². The lowest BCUT2D eigenvalue weighted by molar-refractivity contribution is 0.0448. The number of fused-ring (bicyclic) bond motifs is 1. The standard InChI is InChI=1S/C24H19FN2O4/c1-16-26-21-8-4-2-6-19(21)23(28)27(16)18-12-10-17(11-13-18)24(29)31-15-14-30-22-9-5-3-7-20(22)25/h2-13H,14-15H2,1H3. The van der Waals surface area contributed by atoms with E-state index in [1.165, 1.54) is 16.7 Å². The maximum absolute atomic E-state index is 13.5. The van der Waals surface area contributed by atoms with Gasteiger partial charge in [0, 0.05) is 0 Å². The fourth-order valence-electron chi connectivity index (χ4n) is 3.23. The van der Waals surface area contributed by atoms with Crippen LogP contribution >= 0.6 is 0 Å². The highest BCUT2D eigenvalue weighted by Gasteiger charge is 2.12. The van der Waals surface area contributed by atoms with Crippen molar-refractivity contribution in [3.8, 4) is 11.4 Å². The van der Waals surface area contributed by atoms with Gasteiger partial charge < -0.3 is 9.47 Å². The van der Waals surface area contributed by atoms with E-state index in [0.717, 1.165) is 0 Å². The van der Waals surface area contributed by atoms with Crippen LogP contribution in [-0.2, 0) is 4.74 Å². The minimum atomic E-state index is -0.538. The van der Waals surface area contributed by atoms with Crippen molar-refractivity contribution in [3.05, 3.63) is 100 Å². The number of aryl methyl sites for hydroxylation is 1. The van der Waals surface area contributed by atoms with E-state index in [2.05, 4.69) is 4.98 Å². The second-order valence-corrected chi connectivity index (χ2v) is 6.78. The highest BCUT2D eigenvalue weighted by Crippen LogP contribution is 2.16. The average Bonchev–Trinajstić information content (AvgIpc) is 2.78. The second kappa shape index (κ2) is 8.79. The van der Waals surface area contributed by atoms with Crippen molar-refractivity contribution in [1.29, 1.82) is 0 Å². The first kappa shape index (κ1) is 20.3. The number of para-hydroxylation sites is 2. The van der Waals surface area contributed by atoms with E-state index in [1.54, 1.807) is 61.5 Å². The molecule has 0 N–H and O–H groups in total. The molecular weight excluding hydrogens is 399 g/mol. The topological polar surface area (TPSA) is 70.4 Å². The molecule has 0 radical (unpaired) electrons. The smallest absolute Gasteiger partial charge is 0.338 e. The van der Waals surface area contributed by atoms with Gasteiger partial charge in [0.2, 0.25) is 0 Å². The number of rotatable bonds is 6. The number of carbonyl (C=O) groups excluding carboxylic acids is 1. The molecule has 0 saturated carbocycles. The average molecular weight is 418 g/mol. The molecule has 31 heavy (non-hydrogen) atoms. The lowest BCUT2D eigenvalue weighted by atomic mass is 10.2. The molecule has 0 aliphatic carbocycles. The Hall–Kier alpha value is -4.00. The highest BCUT2D eigenvalue weighted by molar-refractivity contribution is 5.89. The zero-order chi connectivity index (χ0) is 21.8. The first-order chi connectivity index (χ1) is 15.0.